The number of fused-ring (bicyclic) bond motifs is 18. The molecule has 15 aromatic rings. The van der Waals surface area contributed by atoms with Crippen LogP contribution in [-0.2, 0) is 5.41 Å². The van der Waals surface area contributed by atoms with Crippen LogP contribution in [0.25, 0.3) is 142 Å². The average molecular weight is 971 g/mol. The molecule has 354 valence electrons. The topological polar surface area (TPSA) is 0 Å². The lowest BCUT2D eigenvalue weighted by Gasteiger charge is -2.31. The zero-order chi connectivity index (χ0) is 50.3. The summed E-state index contributed by atoms with van der Waals surface area (Å²) in [5.74, 6) is 0. The van der Waals surface area contributed by atoms with E-state index in [1.165, 1.54) is 164 Å². The molecule has 1 spiro atoms. The summed E-state index contributed by atoms with van der Waals surface area (Å²) < 4.78 is 0. The fourth-order valence-corrected chi connectivity index (χ4v) is 14.5. The summed E-state index contributed by atoms with van der Waals surface area (Å²) in [6.45, 7) is 0. The molecule has 0 bridgehead atoms. The Hall–Kier alpha value is -9.88. The Morgan fingerprint density at radius 3 is 0.961 bits per heavy atom. The van der Waals surface area contributed by atoms with E-state index in [0.717, 1.165) is 0 Å². The van der Waals surface area contributed by atoms with Crippen LogP contribution in [0.3, 0.4) is 0 Å². The van der Waals surface area contributed by atoms with E-state index in [1.54, 1.807) is 0 Å². The van der Waals surface area contributed by atoms with Crippen molar-refractivity contribution in [3.8, 4) is 66.8 Å². The third-order valence-corrected chi connectivity index (χ3v) is 17.6. The standard InChI is InChI=1S/C77H46/c1-3-21-49-43-51(39-37-47(49)19-1)72-58-27-7-9-29-60(58)74(61-30-10-8-28-59(61)72)53-41-42-66-70(45-53)77(68-35-17-15-24-55(68)56-25-16-18-36-69(56)77)71-46-67(54-23-5-6-26-57(54)76(66)71)75-64-33-13-11-31-62(64)73(63-32-12-14-34-65(63)75)52-40-38-48-20-2-4-22-50(48)44-52/h1-46H. The quantitative estimate of drug-likeness (QED) is 0.154. The molecule has 0 nitrogen and oxygen atoms in total. The Labute approximate surface area is 446 Å². The molecular formula is C77H46. The Balaban J connectivity index is 0.971. The largest absolute Gasteiger partial charge is 0.0726 e. The maximum Gasteiger partial charge on any atom is 0.0726 e. The number of hydrogen-bond donors (Lipinski definition) is 0. The monoisotopic (exact) mass is 970 g/mol. The maximum absolute atomic E-state index is 2.63. The Morgan fingerprint density at radius 1 is 0.169 bits per heavy atom. The number of hydrogen-bond acceptors (Lipinski definition) is 0. The van der Waals surface area contributed by atoms with E-state index in [9.17, 15) is 0 Å². The minimum Gasteiger partial charge on any atom is -0.0619 e. The van der Waals surface area contributed by atoms with Crippen LogP contribution in [0.1, 0.15) is 22.3 Å². The Kier molecular flexibility index (Phi) is 8.86. The lowest BCUT2D eigenvalue weighted by molar-refractivity contribution is 0.795. The van der Waals surface area contributed by atoms with E-state index in [2.05, 4.69) is 279 Å². The van der Waals surface area contributed by atoms with Gasteiger partial charge in [-0.25, -0.2) is 0 Å². The second kappa shape index (κ2) is 16.1. The second-order valence-corrected chi connectivity index (χ2v) is 21.3. The van der Waals surface area contributed by atoms with Gasteiger partial charge in [-0.3, -0.25) is 0 Å². The molecule has 2 aliphatic rings. The molecule has 0 heterocycles. The van der Waals surface area contributed by atoms with Gasteiger partial charge in [0.15, 0.2) is 0 Å². The van der Waals surface area contributed by atoms with Gasteiger partial charge in [-0.15, -0.1) is 0 Å². The minimum absolute atomic E-state index is 0.611. The van der Waals surface area contributed by atoms with Crippen molar-refractivity contribution >= 4 is 75.4 Å². The first-order valence-electron chi connectivity index (χ1n) is 27.0. The van der Waals surface area contributed by atoms with Crippen molar-refractivity contribution in [2.45, 2.75) is 5.41 Å². The van der Waals surface area contributed by atoms with Gasteiger partial charge in [-0.2, -0.15) is 0 Å². The summed E-state index contributed by atoms with van der Waals surface area (Å²) in [5, 5.41) is 17.6. The predicted molar refractivity (Wildman–Crippen MR) is 327 cm³/mol. The van der Waals surface area contributed by atoms with Gasteiger partial charge in [0.2, 0.25) is 0 Å². The molecule has 0 radical (unpaired) electrons. The van der Waals surface area contributed by atoms with E-state index in [0.29, 0.717) is 0 Å². The molecule has 0 amide bonds. The second-order valence-electron chi connectivity index (χ2n) is 21.3. The van der Waals surface area contributed by atoms with E-state index >= 15 is 0 Å². The smallest absolute Gasteiger partial charge is 0.0619 e. The molecule has 0 aliphatic heterocycles. The molecule has 0 atom stereocenters. The first-order chi connectivity index (χ1) is 38.2. The number of rotatable bonds is 4. The molecule has 77 heavy (non-hydrogen) atoms. The minimum atomic E-state index is -0.611. The van der Waals surface area contributed by atoms with Gasteiger partial charge in [0.05, 0.1) is 5.41 Å². The highest BCUT2D eigenvalue weighted by Gasteiger charge is 2.52. The summed E-state index contributed by atoms with van der Waals surface area (Å²) in [6, 6.07) is 106. The molecule has 2 aliphatic carbocycles. The van der Waals surface area contributed by atoms with Gasteiger partial charge < -0.3 is 0 Å². The van der Waals surface area contributed by atoms with Gasteiger partial charge in [0, 0.05) is 0 Å². The molecular weight excluding hydrogens is 925 g/mol. The zero-order valence-electron chi connectivity index (χ0n) is 42.1. The van der Waals surface area contributed by atoms with Gasteiger partial charge in [-0.05, 0) is 189 Å². The summed E-state index contributed by atoms with van der Waals surface area (Å²) >= 11 is 0. The average Bonchev–Trinajstić information content (AvgIpc) is 4.19. The van der Waals surface area contributed by atoms with Crippen LogP contribution < -0.4 is 0 Å². The van der Waals surface area contributed by atoms with Gasteiger partial charge in [0.1, 0.15) is 0 Å². The normalized spacial score (nSPS) is 13.0. The fourth-order valence-electron chi connectivity index (χ4n) is 14.5. The third-order valence-electron chi connectivity index (χ3n) is 17.6. The summed E-state index contributed by atoms with van der Waals surface area (Å²) in [6.07, 6.45) is 0. The highest BCUT2D eigenvalue weighted by molar-refractivity contribution is 6.26. The molecule has 0 fully saturated rings. The first-order valence-corrected chi connectivity index (χ1v) is 27.0. The molecule has 0 saturated carbocycles. The van der Waals surface area contributed by atoms with Crippen molar-refractivity contribution in [2.75, 3.05) is 0 Å². The highest BCUT2D eigenvalue weighted by atomic mass is 14.5. The van der Waals surface area contributed by atoms with E-state index in [-0.39, 0.29) is 0 Å². The van der Waals surface area contributed by atoms with Gasteiger partial charge in [0.25, 0.3) is 0 Å². The first kappa shape index (κ1) is 42.5. The van der Waals surface area contributed by atoms with Crippen molar-refractivity contribution in [1.82, 2.24) is 0 Å². The predicted octanol–water partition coefficient (Wildman–Crippen LogP) is 20.8. The number of benzene rings is 15. The van der Waals surface area contributed by atoms with Crippen molar-refractivity contribution in [3.63, 3.8) is 0 Å². The van der Waals surface area contributed by atoms with Crippen molar-refractivity contribution in [2.24, 2.45) is 0 Å². The molecule has 17 rings (SSSR count). The fraction of sp³-hybridized carbons (Fsp3) is 0.0130. The zero-order valence-corrected chi connectivity index (χ0v) is 42.1. The lowest BCUT2D eigenvalue weighted by Crippen LogP contribution is -2.26. The molecule has 0 heteroatoms. The van der Waals surface area contributed by atoms with Crippen molar-refractivity contribution in [1.29, 1.82) is 0 Å². The molecule has 0 aromatic heterocycles. The molecule has 15 aromatic carbocycles. The van der Waals surface area contributed by atoms with Gasteiger partial charge in [-0.1, -0.05) is 255 Å². The van der Waals surface area contributed by atoms with E-state index < -0.39 is 5.41 Å². The third kappa shape index (κ3) is 5.82. The van der Waals surface area contributed by atoms with Crippen LogP contribution >= 0.6 is 0 Å². The SMILES string of the molecule is c1ccc2c(c1)-c1ccccc1C21c2cc(-c3c4ccccc4c(-c4ccc5ccccc5c4)c4ccccc34)ccc2-c2c1cc(-c1c3ccccc3c(-c3ccc4ccccc4c3)c3ccccc13)c1ccccc21. The van der Waals surface area contributed by atoms with Crippen LogP contribution in [-0.4, -0.2) is 0 Å². The van der Waals surface area contributed by atoms with Crippen LogP contribution in [0.5, 0.6) is 0 Å². The van der Waals surface area contributed by atoms with Crippen LogP contribution in [0, 0.1) is 0 Å². The molecule has 0 unspecified atom stereocenters. The van der Waals surface area contributed by atoms with Crippen LogP contribution in [0.4, 0.5) is 0 Å². The van der Waals surface area contributed by atoms with Crippen molar-refractivity contribution in [3.05, 3.63) is 301 Å². The van der Waals surface area contributed by atoms with E-state index in [4.69, 9.17) is 0 Å². The van der Waals surface area contributed by atoms with E-state index in [1.807, 2.05) is 0 Å². The van der Waals surface area contributed by atoms with Crippen molar-refractivity contribution < 1.29 is 0 Å². The lowest BCUT2D eigenvalue weighted by atomic mass is 9.69. The maximum atomic E-state index is 2.63. The summed E-state index contributed by atoms with van der Waals surface area (Å²) in [4.78, 5) is 0. The molecule has 0 saturated heterocycles. The molecule has 0 N–H and O–H groups in total. The van der Waals surface area contributed by atoms with Crippen LogP contribution in [0.2, 0.25) is 0 Å². The summed E-state index contributed by atoms with van der Waals surface area (Å²) in [7, 11) is 0. The Morgan fingerprint density at radius 2 is 0.506 bits per heavy atom. The van der Waals surface area contributed by atoms with Gasteiger partial charge >= 0.3 is 0 Å². The highest BCUT2D eigenvalue weighted by Crippen LogP contribution is 2.65. The Bertz CT molecular complexity index is 4890. The summed E-state index contributed by atoms with van der Waals surface area (Å²) in [5.41, 5.74) is 20.0. The van der Waals surface area contributed by atoms with Crippen LogP contribution in [0.15, 0.2) is 279 Å².